The van der Waals surface area contributed by atoms with Crippen LogP contribution in [0.15, 0.2) is 40.9 Å². The van der Waals surface area contributed by atoms with Gasteiger partial charge in [0.15, 0.2) is 11.5 Å². The van der Waals surface area contributed by atoms with Crippen molar-refractivity contribution in [3.8, 4) is 11.5 Å². The second-order valence-corrected chi connectivity index (χ2v) is 6.81. The van der Waals surface area contributed by atoms with Gasteiger partial charge >= 0.3 is 0 Å². The van der Waals surface area contributed by atoms with Gasteiger partial charge in [-0.15, -0.1) is 0 Å². The smallest absolute Gasteiger partial charge is 0.270 e. The molecule has 0 bridgehead atoms. The van der Waals surface area contributed by atoms with Crippen molar-refractivity contribution in [2.75, 3.05) is 7.11 Å². The number of hydrogen-bond donors (Lipinski definition) is 2. The summed E-state index contributed by atoms with van der Waals surface area (Å²) in [5.74, 6) is -0.309. The maximum atomic E-state index is 12.3. The minimum Gasteiger partial charge on any atom is -0.493 e. The zero-order valence-corrected chi connectivity index (χ0v) is 16.8. The maximum Gasteiger partial charge on any atom is 0.270 e. The zero-order chi connectivity index (χ0) is 19.3. The number of benzene rings is 2. The molecule has 0 unspecified atom stereocenters. The number of halogens is 2. The van der Waals surface area contributed by atoms with Gasteiger partial charge in [0.25, 0.3) is 11.8 Å². The van der Waals surface area contributed by atoms with Crippen LogP contribution < -0.4 is 20.3 Å². The van der Waals surface area contributed by atoms with Gasteiger partial charge in [0.05, 0.1) is 23.8 Å². The molecule has 0 saturated heterocycles. The summed E-state index contributed by atoms with van der Waals surface area (Å²) in [5, 5.41) is 0.236. The van der Waals surface area contributed by atoms with Crippen LogP contribution in [0, 0.1) is 0 Å². The topological polar surface area (TPSA) is 76.7 Å². The lowest BCUT2D eigenvalue weighted by atomic mass is 10.2. The number of nitrogens with one attached hydrogen (secondary N) is 2. The van der Waals surface area contributed by atoms with Crippen LogP contribution >= 0.6 is 27.5 Å². The van der Waals surface area contributed by atoms with Crippen LogP contribution in [-0.4, -0.2) is 25.0 Å². The molecule has 138 valence electrons. The second-order valence-electron chi connectivity index (χ2n) is 5.54. The van der Waals surface area contributed by atoms with Crippen molar-refractivity contribution in [2.45, 2.75) is 20.0 Å². The molecular formula is C18H18BrClN2O4. The van der Waals surface area contributed by atoms with E-state index < -0.39 is 11.8 Å². The summed E-state index contributed by atoms with van der Waals surface area (Å²) >= 11 is 9.49. The molecule has 0 aromatic heterocycles. The van der Waals surface area contributed by atoms with E-state index >= 15 is 0 Å². The molecule has 2 amide bonds. The Hall–Kier alpha value is -2.25. The van der Waals surface area contributed by atoms with E-state index in [2.05, 4.69) is 26.8 Å². The van der Waals surface area contributed by atoms with Crippen molar-refractivity contribution in [1.29, 1.82) is 0 Å². The second kappa shape index (κ2) is 8.91. The molecule has 0 saturated carbocycles. The quantitative estimate of drug-likeness (QED) is 0.688. The van der Waals surface area contributed by atoms with E-state index in [0.717, 1.165) is 0 Å². The lowest BCUT2D eigenvalue weighted by Gasteiger charge is -2.16. The first-order chi connectivity index (χ1) is 12.3. The Morgan fingerprint density at radius 1 is 1.12 bits per heavy atom. The fourth-order valence-corrected chi connectivity index (χ4v) is 2.82. The Morgan fingerprint density at radius 2 is 1.77 bits per heavy atom. The SMILES string of the molecule is COc1cc(C(=O)NNC(=O)c2ccccc2Br)cc(Cl)c1OC(C)C. The van der Waals surface area contributed by atoms with E-state index in [1.807, 2.05) is 13.8 Å². The minimum atomic E-state index is -0.540. The summed E-state index contributed by atoms with van der Waals surface area (Å²) in [6.45, 7) is 3.71. The Balaban J connectivity index is 2.13. The van der Waals surface area contributed by atoms with Crippen LogP contribution in [0.5, 0.6) is 11.5 Å². The van der Waals surface area contributed by atoms with Crippen molar-refractivity contribution in [1.82, 2.24) is 10.9 Å². The Labute approximate surface area is 164 Å². The molecular weight excluding hydrogens is 424 g/mol. The number of ether oxygens (including phenoxy) is 2. The van der Waals surface area contributed by atoms with Gasteiger partial charge in [-0.3, -0.25) is 20.4 Å². The number of rotatable bonds is 5. The molecule has 6 nitrogen and oxygen atoms in total. The van der Waals surface area contributed by atoms with Crippen molar-refractivity contribution >= 4 is 39.3 Å². The van der Waals surface area contributed by atoms with Crippen LogP contribution in [-0.2, 0) is 0 Å². The van der Waals surface area contributed by atoms with Gasteiger partial charge in [-0.05, 0) is 54.0 Å². The Kier molecular flexibility index (Phi) is 6.88. The number of hydrazine groups is 1. The molecule has 0 atom stereocenters. The predicted molar refractivity (Wildman–Crippen MR) is 103 cm³/mol. The van der Waals surface area contributed by atoms with Crippen molar-refractivity contribution in [2.24, 2.45) is 0 Å². The minimum absolute atomic E-state index is 0.107. The van der Waals surface area contributed by atoms with Gasteiger partial charge in [-0.25, -0.2) is 0 Å². The van der Waals surface area contributed by atoms with E-state index in [1.165, 1.54) is 19.2 Å². The summed E-state index contributed by atoms with van der Waals surface area (Å²) in [6.07, 6.45) is -0.107. The number of amides is 2. The average molecular weight is 442 g/mol. The molecule has 2 aromatic carbocycles. The van der Waals surface area contributed by atoms with Gasteiger partial charge < -0.3 is 9.47 Å². The fourth-order valence-electron chi connectivity index (χ4n) is 2.10. The molecule has 0 aliphatic heterocycles. The highest BCUT2D eigenvalue weighted by molar-refractivity contribution is 9.10. The molecule has 2 rings (SSSR count). The maximum absolute atomic E-state index is 12.3. The number of carbonyl (C=O) groups excluding carboxylic acids is 2. The van der Waals surface area contributed by atoms with Crippen molar-refractivity contribution < 1.29 is 19.1 Å². The lowest BCUT2D eigenvalue weighted by molar-refractivity contribution is 0.0846. The molecule has 0 fully saturated rings. The van der Waals surface area contributed by atoms with E-state index in [4.69, 9.17) is 21.1 Å². The third-order valence-corrected chi connectivity index (χ3v) is 4.23. The molecule has 26 heavy (non-hydrogen) atoms. The zero-order valence-electron chi connectivity index (χ0n) is 14.4. The highest BCUT2D eigenvalue weighted by Gasteiger charge is 2.18. The van der Waals surface area contributed by atoms with Gasteiger partial charge in [0, 0.05) is 10.0 Å². The molecule has 2 aromatic rings. The Morgan fingerprint density at radius 3 is 2.38 bits per heavy atom. The standard InChI is InChI=1S/C18H18BrClN2O4/c1-10(2)26-16-14(20)8-11(9-15(16)25-3)17(23)21-22-18(24)12-6-4-5-7-13(12)19/h4-10H,1-3H3,(H,21,23)(H,22,24). The normalized spacial score (nSPS) is 10.4. The van der Waals surface area contributed by atoms with Crippen LogP contribution in [0.2, 0.25) is 5.02 Å². The lowest BCUT2D eigenvalue weighted by Crippen LogP contribution is -2.41. The van der Waals surface area contributed by atoms with Gasteiger partial charge in [0.2, 0.25) is 0 Å². The third-order valence-electron chi connectivity index (χ3n) is 3.25. The van der Waals surface area contributed by atoms with Gasteiger partial charge in [-0.1, -0.05) is 23.7 Å². The summed E-state index contributed by atoms with van der Waals surface area (Å²) in [4.78, 5) is 24.5. The third kappa shape index (κ3) is 4.89. The summed E-state index contributed by atoms with van der Waals surface area (Å²) < 4.78 is 11.5. The monoisotopic (exact) mass is 440 g/mol. The number of carbonyl (C=O) groups is 2. The molecule has 0 spiro atoms. The Bertz CT molecular complexity index is 827. The van der Waals surface area contributed by atoms with E-state index in [0.29, 0.717) is 21.5 Å². The van der Waals surface area contributed by atoms with Gasteiger partial charge in [0.1, 0.15) is 0 Å². The highest BCUT2D eigenvalue weighted by Crippen LogP contribution is 2.37. The molecule has 8 heteroatoms. The summed E-state index contributed by atoms with van der Waals surface area (Å²) in [6, 6.07) is 9.80. The first-order valence-electron chi connectivity index (χ1n) is 7.73. The molecule has 0 radical (unpaired) electrons. The molecule has 0 heterocycles. The predicted octanol–water partition coefficient (Wildman–Crippen LogP) is 3.97. The average Bonchev–Trinajstić information content (AvgIpc) is 2.60. The number of methoxy groups -OCH3 is 1. The van der Waals surface area contributed by atoms with E-state index in [-0.39, 0.29) is 16.7 Å². The van der Waals surface area contributed by atoms with E-state index in [1.54, 1.807) is 24.3 Å². The molecule has 0 aliphatic rings. The largest absolute Gasteiger partial charge is 0.493 e. The summed E-state index contributed by atoms with van der Waals surface area (Å²) in [7, 11) is 1.45. The first-order valence-corrected chi connectivity index (χ1v) is 8.90. The van der Waals surface area contributed by atoms with E-state index in [9.17, 15) is 9.59 Å². The van der Waals surface area contributed by atoms with Crippen LogP contribution in [0.4, 0.5) is 0 Å². The molecule has 2 N–H and O–H groups in total. The fraction of sp³-hybridized carbons (Fsp3) is 0.222. The van der Waals surface area contributed by atoms with Crippen molar-refractivity contribution in [3.05, 3.63) is 57.0 Å². The van der Waals surface area contributed by atoms with Crippen LogP contribution in [0.25, 0.3) is 0 Å². The highest BCUT2D eigenvalue weighted by atomic mass is 79.9. The first kappa shape index (κ1) is 20.1. The van der Waals surface area contributed by atoms with Gasteiger partial charge in [-0.2, -0.15) is 0 Å². The van der Waals surface area contributed by atoms with Crippen LogP contribution in [0.3, 0.4) is 0 Å². The van der Waals surface area contributed by atoms with Crippen LogP contribution in [0.1, 0.15) is 34.6 Å². The number of hydrogen-bond acceptors (Lipinski definition) is 4. The summed E-state index contributed by atoms with van der Waals surface area (Å²) in [5.41, 5.74) is 5.32. The molecule has 0 aliphatic carbocycles. The van der Waals surface area contributed by atoms with Crippen molar-refractivity contribution in [3.63, 3.8) is 0 Å².